The average molecular weight is 235 g/mol. The molecule has 0 amide bonds. The molecule has 1 aliphatic carbocycles. The van der Waals surface area contributed by atoms with Crippen molar-refractivity contribution >= 4 is 0 Å². The first-order valence-corrected chi connectivity index (χ1v) is 4.66. The summed E-state index contributed by atoms with van der Waals surface area (Å²) in [5, 5.41) is 0. The minimum Gasteiger partial charge on any atom is -0.328 e. The number of rotatable bonds is 2. The molecule has 0 aromatic heterocycles. The van der Waals surface area contributed by atoms with Crippen molar-refractivity contribution in [3.8, 4) is 0 Å². The van der Waals surface area contributed by atoms with Gasteiger partial charge < -0.3 is 6.42 Å². The molecule has 0 N–H and O–H groups in total. The normalized spacial score (nSPS) is 22.4. The van der Waals surface area contributed by atoms with Gasteiger partial charge in [0.25, 0.3) is 0 Å². The molecule has 0 nitrogen and oxygen atoms in total. The van der Waals surface area contributed by atoms with Gasteiger partial charge in [0.2, 0.25) is 0 Å². The molecule has 0 saturated heterocycles. The van der Waals surface area contributed by atoms with Crippen LogP contribution in [0.5, 0.6) is 0 Å². The van der Waals surface area contributed by atoms with Crippen LogP contribution in [0.1, 0.15) is 46.0 Å². The van der Waals surface area contributed by atoms with Crippen LogP contribution >= 0.6 is 0 Å². The molecule has 1 rings (SSSR count). The molecule has 1 aliphatic rings. The van der Waals surface area contributed by atoms with Gasteiger partial charge in [0.15, 0.2) is 0 Å². The van der Waals surface area contributed by atoms with Crippen LogP contribution in [0.3, 0.4) is 0 Å². The topological polar surface area (TPSA) is 0 Å². The molecule has 0 radical (unpaired) electrons. The van der Waals surface area contributed by atoms with Gasteiger partial charge in [-0.2, -0.15) is 12.8 Å². The van der Waals surface area contributed by atoms with E-state index < -0.39 is 0 Å². The summed E-state index contributed by atoms with van der Waals surface area (Å²) >= 11 is 0. The molecule has 0 aliphatic heterocycles. The molecule has 1 heteroatoms. The zero-order valence-corrected chi connectivity index (χ0v) is 9.68. The first kappa shape index (κ1) is 11.7. The minimum absolute atomic E-state index is 0. The average Bonchev–Trinajstić information content (AvgIpc) is 2.05. The van der Waals surface area contributed by atoms with Crippen LogP contribution in [0, 0.1) is 18.3 Å². The van der Waals surface area contributed by atoms with E-state index in [1.165, 1.54) is 32.1 Å². The first-order valence-electron chi connectivity index (χ1n) is 4.66. The van der Waals surface area contributed by atoms with E-state index in [1.54, 1.807) is 0 Å². The quantitative estimate of drug-likeness (QED) is 0.508. The van der Waals surface area contributed by atoms with Gasteiger partial charge in [0.1, 0.15) is 0 Å². The summed E-state index contributed by atoms with van der Waals surface area (Å²) in [6.07, 6.45) is 9.46. The first-order chi connectivity index (χ1) is 4.84. The van der Waals surface area contributed by atoms with Crippen LogP contribution in [0.25, 0.3) is 0 Å². The van der Waals surface area contributed by atoms with Crippen LogP contribution in [-0.4, -0.2) is 0 Å². The Kier molecular flexibility index (Phi) is 6.62. The zero-order chi connectivity index (χ0) is 7.40. The maximum Gasteiger partial charge on any atom is 0 e. The summed E-state index contributed by atoms with van der Waals surface area (Å²) in [4.78, 5) is 0. The summed E-state index contributed by atoms with van der Waals surface area (Å²) < 4.78 is 0. The van der Waals surface area contributed by atoms with Crippen molar-refractivity contribution < 1.29 is 21.1 Å². The van der Waals surface area contributed by atoms with E-state index in [1.807, 2.05) is 0 Å². The Morgan fingerprint density at radius 3 is 2.36 bits per heavy atom. The molecule has 11 heavy (non-hydrogen) atoms. The molecule has 0 aromatic carbocycles. The van der Waals surface area contributed by atoms with Crippen molar-refractivity contribution in [2.75, 3.05) is 0 Å². The molecule has 0 heterocycles. The van der Waals surface area contributed by atoms with Gasteiger partial charge in [-0.1, -0.05) is 33.1 Å². The van der Waals surface area contributed by atoms with Gasteiger partial charge in [-0.25, -0.2) is 0 Å². The predicted octanol–water partition coefficient (Wildman–Crippen LogP) is 3.42. The van der Waals surface area contributed by atoms with Crippen molar-refractivity contribution in [3.05, 3.63) is 6.42 Å². The van der Waals surface area contributed by atoms with Gasteiger partial charge in [0, 0.05) is 21.1 Å². The van der Waals surface area contributed by atoms with Gasteiger partial charge in [-0.3, -0.25) is 0 Å². The third-order valence-corrected chi connectivity index (χ3v) is 2.93. The van der Waals surface area contributed by atoms with Gasteiger partial charge >= 0.3 is 0 Å². The summed E-state index contributed by atoms with van der Waals surface area (Å²) in [5.41, 5.74) is 0. The molecule has 1 unspecified atom stereocenters. The van der Waals surface area contributed by atoms with Gasteiger partial charge in [-0.05, 0) is 11.8 Å². The van der Waals surface area contributed by atoms with E-state index in [9.17, 15) is 0 Å². The fourth-order valence-corrected chi connectivity index (χ4v) is 1.85. The van der Waals surface area contributed by atoms with E-state index in [4.69, 9.17) is 0 Å². The smallest absolute Gasteiger partial charge is 0 e. The fraction of sp³-hybridized carbons (Fsp3) is 0.900. The van der Waals surface area contributed by atoms with Crippen molar-refractivity contribution in [3.63, 3.8) is 0 Å². The predicted molar refractivity (Wildman–Crippen MR) is 45.7 cm³/mol. The minimum atomic E-state index is 0. The number of hydrogen-bond acceptors (Lipinski definition) is 0. The third kappa shape index (κ3) is 3.74. The molecule has 1 atom stereocenters. The maximum atomic E-state index is 2.44. The second-order valence-electron chi connectivity index (χ2n) is 3.59. The summed E-state index contributed by atoms with van der Waals surface area (Å²) in [6, 6.07) is 0. The molecule has 1 fully saturated rings. The number of hydrogen-bond donors (Lipinski definition) is 0. The van der Waals surface area contributed by atoms with Crippen LogP contribution in [0.4, 0.5) is 0 Å². The second kappa shape index (κ2) is 6.23. The van der Waals surface area contributed by atoms with E-state index in [-0.39, 0.29) is 21.1 Å². The monoisotopic (exact) mass is 237 g/mol. The Morgan fingerprint density at radius 2 is 1.91 bits per heavy atom. The molecule has 0 spiro atoms. The summed E-state index contributed by atoms with van der Waals surface area (Å²) in [7, 11) is 0. The van der Waals surface area contributed by atoms with Crippen LogP contribution < -0.4 is 0 Å². The SMILES string of the molecule is CCC(C)C1CC[CH-]CC1.[Mo]. The Labute approximate surface area is 85.4 Å². The van der Waals surface area contributed by atoms with Gasteiger partial charge in [0.05, 0.1) is 0 Å². The van der Waals surface area contributed by atoms with Gasteiger partial charge in [-0.15, -0.1) is 0 Å². The molecule has 0 aromatic rings. The summed E-state index contributed by atoms with van der Waals surface area (Å²) in [6.45, 7) is 4.71. The maximum absolute atomic E-state index is 2.44. The Balaban J connectivity index is 0.000001000. The van der Waals surface area contributed by atoms with E-state index in [0.717, 1.165) is 11.8 Å². The molecule has 1 saturated carbocycles. The van der Waals surface area contributed by atoms with E-state index in [2.05, 4.69) is 20.3 Å². The summed E-state index contributed by atoms with van der Waals surface area (Å²) in [5.74, 6) is 2.00. The Morgan fingerprint density at radius 1 is 1.36 bits per heavy atom. The Bertz CT molecular complexity index is 84.9. The van der Waals surface area contributed by atoms with Crippen molar-refractivity contribution in [2.24, 2.45) is 11.8 Å². The largest absolute Gasteiger partial charge is 0.328 e. The van der Waals surface area contributed by atoms with Crippen molar-refractivity contribution in [2.45, 2.75) is 46.0 Å². The molecule has 66 valence electrons. The van der Waals surface area contributed by atoms with E-state index >= 15 is 0 Å². The zero-order valence-electron chi connectivity index (χ0n) is 7.68. The van der Waals surface area contributed by atoms with Crippen molar-refractivity contribution in [1.29, 1.82) is 0 Å². The van der Waals surface area contributed by atoms with Crippen molar-refractivity contribution in [1.82, 2.24) is 0 Å². The van der Waals surface area contributed by atoms with Crippen LogP contribution in [0.15, 0.2) is 0 Å². The standard InChI is InChI=1S/C10H19.Mo/c1-3-9(2)10-7-5-4-6-8-10;/h4,9-10H,3,5-8H2,1-2H3;/q-1;. The van der Waals surface area contributed by atoms with Crippen LogP contribution in [-0.2, 0) is 21.1 Å². The molecular formula is C10H19Mo-. The van der Waals surface area contributed by atoms with Crippen LogP contribution in [0.2, 0.25) is 0 Å². The second-order valence-corrected chi connectivity index (χ2v) is 3.59. The Hall–Kier alpha value is 0.688. The molecule has 0 bridgehead atoms. The van der Waals surface area contributed by atoms with E-state index in [0.29, 0.717) is 0 Å². The fourth-order valence-electron chi connectivity index (χ4n) is 1.85. The molecular weight excluding hydrogens is 216 g/mol. The third-order valence-electron chi connectivity index (χ3n) is 2.93.